The van der Waals surface area contributed by atoms with E-state index in [0.717, 1.165) is 31.2 Å². The van der Waals surface area contributed by atoms with Crippen LogP contribution in [-0.2, 0) is 39.9 Å². The average molecular weight is 684 g/mol. The van der Waals surface area contributed by atoms with Gasteiger partial charge in [0, 0.05) is 29.6 Å². The maximum absolute atomic E-state index is 13.5. The lowest BCUT2D eigenvalue weighted by Gasteiger charge is -2.59. The number of ether oxygens (including phenoxy) is 2. The second-order valence-corrected chi connectivity index (χ2v) is 14.1. The quantitative estimate of drug-likeness (QED) is 0.165. The minimum absolute atomic E-state index is 0.0117. The van der Waals surface area contributed by atoms with Crippen molar-refractivity contribution in [3.63, 3.8) is 0 Å². The molecule has 3 saturated carbocycles. The molecule has 0 aliphatic heterocycles. The summed E-state index contributed by atoms with van der Waals surface area (Å²) in [5.41, 5.74) is -2.45. The Labute approximate surface area is 283 Å². The molecule has 0 spiro atoms. The first-order valence-electron chi connectivity index (χ1n) is 16.4. The number of nitrogens with zero attached hydrogens (tertiary/aromatic N) is 1. The Kier molecular flexibility index (Phi) is 10.1. The third-order valence-electron chi connectivity index (χ3n) is 11.5. The van der Waals surface area contributed by atoms with E-state index in [1.54, 1.807) is 12.2 Å². The third-order valence-corrected chi connectivity index (χ3v) is 11.5. The van der Waals surface area contributed by atoms with E-state index in [9.17, 15) is 49.7 Å². The molecule has 0 saturated heterocycles. The Hall–Kier alpha value is -4.11. The van der Waals surface area contributed by atoms with Crippen molar-refractivity contribution in [1.82, 2.24) is 5.32 Å². The molecule has 0 bridgehead atoms. The fourth-order valence-corrected chi connectivity index (χ4v) is 9.03. The molecule has 14 nitrogen and oxygen atoms in total. The largest absolute Gasteiger partial charge is 0.871 e. The molecule has 4 aliphatic rings. The van der Waals surface area contributed by atoms with E-state index in [4.69, 9.17) is 9.47 Å². The van der Waals surface area contributed by atoms with E-state index in [2.05, 4.69) is 5.32 Å². The summed E-state index contributed by atoms with van der Waals surface area (Å²) in [6.07, 6.45) is 5.55. The maximum atomic E-state index is 13.5. The highest BCUT2D eigenvalue weighted by Gasteiger charge is 2.68. The summed E-state index contributed by atoms with van der Waals surface area (Å²) in [4.78, 5) is 63.1. The van der Waals surface area contributed by atoms with Gasteiger partial charge in [-0.2, -0.15) is 0 Å². The van der Waals surface area contributed by atoms with Crippen LogP contribution in [0.5, 0.6) is 5.75 Å². The monoisotopic (exact) mass is 683 g/mol. The third kappa shape index (κ3) is 6.62. The molecule has 4 aliphatic carbocycles. The smallest absolute Gasteiger partial charge is 0.328 e. The van der Waals surface area contributed by atoms with Gasteiger partial charge in [-0.15, -0.1) is 5.23 Å². The van der Waals surface area contributed by atoms with Crippen molar-refractivity contribution < 1.29 is 59.2 Å². The predicted molar refractivity (Wildman–Crippen MR) is 168 cm³/mol. The number of esters is 2. The summed E-state index contributed by atoms with van der Waals surface area (Å²) >= 11 is 0. The Morgan fingerprint density at radius 3 is 2.57 bits per heavy atom. The fourth-order valence-electron chi connectivity index (χ4n) is 9.03. The molecular weight excluding hydrogens is 640 g/mol. The van der Waals surface area contributed by atoms with Gasteiger partial charge in [0.15, 0.2) is 12.4 Å². The van der Waals surface area contributed by atoms with Crippen molar-refractivity contribution >= 4 is 35.1 Å². The Morgan fingerprint density at radius 2 is 1.88 bits per heavy atom. The van der Waals surface area contributed by atoms with Crippen molar-refractivity contribution in [3.8, 4) is 5.75 Å². The average Bonchev–Trinajstić information content (AvgIpc) is 3.33. The van der Waals surface area contributed by atoms with E-state index in [1.807, 2.05) is 19.9 Å². The molecule has 0 heterocycles. The molecule has 0 aromatic heterocycles. The molecular formula is C35H43N2O12-. The summed E-state index contributed by atoms with van der Waals surface area (Å²) in [7, 11) is 1.11. The minimum Gasteiger partial charge on any atom is -0.871 e. The standard InChI is InChI=1S/C35H44N2O12/c1-33-12-10-21(38)16-20(33)5-6-22-23-11-13-35(45,34(23,2)17-27(40)31(22)33)28(41)18-49-30(43)9-8-29(42)36-24(32(44)48-3)14-19-4-7-26(39)25(15-19)37(46)47/h4,7,10,12,15-16,22-24,27,31,39-40,45-47H,5-6,8-9,11,13-14,17-18H2,1-3H3,(H,36,42)/p-1/t22-,23-,24?,27-,31+,33-,34-,35-/m0/s1. The number of rotatable bonds is 11. The lowest BCUT2D eigenvalue weighted by Crippen LogP contribution is -2.61. The van der Waals surface area contributed by atoms with Crippen molar-refractivity contribution in [3.05, 3.63) is 47.6 Å². The number of carbonyl (C=O) groups excluding carboxylic acids is 5. The van der Waals surface area contributed by atoms with Gasteiger partial charge in [0.25, 0.3) is 0 Å². The van der Waals surface area contributed by atoms with Gasteiger partial charge >= 0.3 is 11.9 Å². The normalized spacial score (nSPS) is 32.1. The number of hydrogen-bond acceptors (Lipinski definition) is 13. The van der Waals surface area contributed by atoms with Gasteiger partial charge < -0.3 is 30.1 Å². The number of nitrogens with one attached hydrogen (secondary N) is 1. The summed E-state index contributed by atoms with van der Waals surface area (Å²) in [5, 5.41) is 55.7. The zero-order valence-electron chi connectivity index (χ0n) is 27.7. The SMILES string of the molecule is COC(=O)C(Cc1ccc([O-])c(N(O)O)c1)NC(=O)CCC(=O)OCC(=O)[C@@]1(O)CC[C@H]2[C@@H]3CCC4=CC(=O)C=C[C@]4(C)[C@H]3[C@@H](O)C[C@@]21C. The van der Waals surface area contributed by atoms with Crippen LogP contribution >= 0.6 is 0 Å². The first-order valence-corrected chi connectivity index (χ1v) is 16.4. The summed E-state index contributed by atoms with van der Waals surface area (Å²) in [6.45, 7) is 3.14. The topological polar surface area (TPSA) is 223 Å². The van der Waals surface area contributed by atoms with E-state index < -0.39 is 83.1 Å². The Bertz CT molecular complexity index is 1590. The van der Waals surface area contributed by atoms with Crippen LogP contribution in [0.1, 0.15) is 64.4 Å². The Morgan fingerprint density at radius 1 is 1.14 bits per heavy atom. The van der Waals surface area contributed by atoms with Crippen molar-refractivity contribution in [2.24, 2.45) is 28.6 Å². The number of aliphatic hydroxyl groups excluding tert-OH is 1. The summed E-state index contributed by atoms with van der Waals surface area (Å²) < 4.78 is 9.93. The van der Waals surface area contributed by atoms with Crippen molar-refractivity contribution in [2.75, 3.05) is 18.9 Å². The van der Waals surface area contributed by atoms with E-state index in [1.165, 1.54) is 6.07 Å². The number of fused-ring (bicyclic) bond motifs is 5. The number of carbonyl (C=O) groups is 5. The molecule has 1 aromatic rings. The molecule has 5 N–H and O–H groups in total. The lowest BCUT2D eigenvalue weighted by molar-refractivity contribution is -0.268. The minimum atomic E-state index is -1.84. The van der Waals surface area contributed by atoms with Crippen LogP contribution in [0, 0.1) is 28.6 Å². The number of aliphatic hydroxyl groups is 2. The zero-order chi connectivity index (χ0) is 35.9. The molecule has 14 heteroatoms. The van der Waals surface area contributed by atoms with Crippen LogP contribution in [0.15, 0.2) is 42.0 Å². The van der Waals surface area contributed by atoms with Gasteiger partial charge in [-0.05, 0) is 67.7 Å². The van der Waals surface area contributed by atoms with Crippen LogP contribution in [0.25, 0.3) is 0 Å². The van der Waals surface area contributed by atoms with E-state index in [-0.39, 0.29) is 48.0 Å². The molecule has 1 aromatic carbocycles. The zero-order valence-corrected chi connectivity index (χ0v) is 27.7. The van der Waals surface area contributed by atoms with Crippen molar-refractivity contribution in [1.29, 1.82) is 0 Å². The van der Waals surface area contributed by atoms with Gasteiger partial charge in [0.1, 0.15) is 11.6 Å². The van der Waals surface area contributed by atoms with Gasteiger partial charge in [-0.1, -0.05) is 43.4 Å². The number of amides is 1. The number of allylic oxidation sites excluding steroid dienone is 4. The number of methoxy groups -OCH3 is 1. The van der Waals surface area contributed by atoms with E-state index in [0.29, 0.717) is 18.4 Å². The summed E-state index contributed by atoms with van der Waals surface area (Å²) in [5.74, 6) is -4.06. The van der Waals surface area contributed by atoms with Crippen molar-refractivity contribution in [2.45, 2.75) is 83.0 Å². The van der Waals surface area contributed by atoms with Gasteiger partial charge in [-0.3, -0.25) is 29.6 Å². The summed E-state index contributed by atoms with van der Waals surface area (Å²) in [6, 6.07) is 2.31. The molecule has 0 radical (unpaired) electrons. The van der Waals surface area contributed by atoms with Crippen LogP contribution in [0.3, 0.4) is 0 Å². The fraction of sp³-hybridized carbons (Fsp3) is 0.571. The van der Waals surface area contributed by atoms with Gasteiger partial charge in [0.05, 0.1) is 25.3 Å². The highest BCUT2D eigenvalue weighted by molar-refractivity contribution is 6.01. The number of Topliss-reactive ketones (excluding diaryl/α,β-unsaturated/α-hetero) is 1. The molecule has 3 fully saturated rings. The van der Waals surface area contributed by atoms with Gasteiger partial charge in [0.2, 0.25) is 11.7 Å². The van der Waals surface area contributed by atoms with Crippen LogP contribution in [-0.4, -0.2) is 81.5 Å². The molecule has 1 amide bonds. The second kappa shape index (κ2) is 13.7. The molecule has 49 heavy (non-hydrogen) atoms. The molecule has 8 atom stereocenters. The number of benzene rings is 1. The lowest BCUT2D eigenvalue weighted by atomic mass is 9.46. The van der Waals surface area contributed by atoms with Crippen LogP contribution < -0.4 is 15.6 Å². The predicted octanol–water partition coefficient (Wildman–Crippen LogP) is 1.45. The highest BCUT2D eigenvalue weighted by atomic mass is 16.8. The first kappa shape index (κ1) is 36.2. The molecule has 266 valence electrons. The maximum Gasteiger partial charge on any atom is 0.328 e. The van der Waals surface area contributed by atoms with E-state index >= 15 is 0 Å². The number of ketones is 2. The van der Waals surface area contributed by atoms with Crippen LogP contribution in [0.4, 0.5) is 5.69 Å². The molecule has 5 rings (SSSR count). The van der Waals surface area contributed by atoms with Gasteiger partial charge in [-0.25, -0.2) is 4.79 Å². The number of hydrogen-bond donors (Lipinski definition) is 5. The second-order valence-electron chi connectivity index (χ2n) is 14.1. The first-order chi connectivity index (χ1) is 23.0. The molecule has 1 unspecified atom stereocenters. The highest BCUT2D eigenvalue weighted by Crippen LogP contribution is 2.67. The van der Waals surface area contributed by atoms with Crippen LogP contribution in [0.2, 0.25) is 0 Å². The Balaban J connectivity index is 1.16. The number of anilines is 1.